The van der Waals surface area contributed by atoms with Gasteiger partial charge in [-0.15, -0.1) is 0 Å². The summed E-state index contributed by atoms with van der Waals surface area (Å²) in [5, 5.41) is 2.98. The van der Waals surface area contributed by atoms with E-state index in [1.165, 1.54) is 25.0 Å². The van der Waals surface area contributed by atoms with E-state index in [0.717, 1.165) is 32.0 Å². The summed E-state index contributed by atoms with van der Waals surface area (Å²) in [7, 11) is 0. The molecule has 1 saturated heterocycles. The van der Waals surface area contributed by atoms with Crippen molar-refractivity contribution in [1.82, 2.24) is 10.2 Å². The summed E-state index contributed by atoms with van der Waals surface area (Å²) < 4.78 is 18.6. The highest BCUT2D eigenvalue weighted by atomic mass is 19.1. The summed E-state index contributed by atoms with van der Waals surface area (Å²) in [6.45, 7) is 1.98. The van der Waals surface area contributed by atoms with Crippen LogP contribution in [0.3, 0.4) is 0 Å². The number of likely N-dealkylation sites (tertiary alicyclic amines) is 1. The molecule has 0 radical (unpaired) electrons. The Bertz CT molecular complexity index is 497. The van der Waals surface area contributed by atoms with Crippen molar-refractivity contribution in [1.29, 1.82) is 0 Å². The number of rotatable bonds is 5. The van der Waals surface area contributed by atoms with Crippen LogP contribution >= 0.6 is 0 Å². The average Bonchev–Trinajstić information content (AvgIpc) is 3.32. The predicted octanol–water partition coefficient (Wildman–Crippen LogP) is 1.95. The molecule has 0 aromatic heterocycles. The second-order valence-corrected chi connectivity index (χ2v) is 5.83. The lowest BCUT2D eigenvalue weighted by molar-refractivity contribution is -0.124. The summed E-state index contributed by atoms with van der Waals surface area (Å²) in [6, 6.07) is 7.14. The lowest BCUT2D eigenvalue weighted by atomic mass is 10.0. The molecule has 1 heterocycles. The maximum atomic E-state index is 13.4. The number of hydrogen-bond acceptors (Lipinski definition) is 3. The fourth-order valence-corrected chi connectivity index (χ4v) is 2.82. The zero-order valence-electron chi connectivity index (χ0n) is 12.1. The summed E-state index contributed by atoms with van der Waals surface area (Å²) >= 11 is 0. The molecule has 1 aromatic rings. The van der Waals surface area contributed by atoms with Crippen LogP contribution in [0.4, 0.5) is 4.39 Å². The van der Waals surface area contributed by atoms with Crippen LogP contribution in [0.5, 0.6) is 5.75 Å². The third-order valence-corrected chi connectivity index (χ3v) is 4.15. The summed E-state index contributed by atoms with van der Waals surface area (Å²) in [4.78, 5) is 14.4. The number of para-hydroxylation sites is 1. The van der Waals surface area contributed by atoms with Gasteiger partial charge < -0.3 is 15.0 Å². The fraction of sp³-hybridized carbons (Fsp3) is 0.562. The van der Waals surface area contributed by atoms with Crippen LogP contribution in [0.15, 0.2) is 24.3 Å². The summed E-state index contributed by atoms with van der Waals surface area (Å²) in [5.41, 5.74) is 0. The van der Waals surface area contributed by atoms with Crippen LogP contribution < -0.4 is 10.1 Å². The number of carbonyl (C=O) groups is 1. The van der Waals surface area contributed by atoms with Crippen molar-refractivity contribution in [2.24, 2.45) is 0 Å². The standard InChI is InChI=1S/C16H21FN2O2/c17-14-3-1-2-4-15(14)21-11-16(20)18-12-7-9-19(10-8-12)13-5-6-13/h1-4,12-13H,5-11H2,(H,18,20). The van der Waals surface area contributed by atoms with E-state index < -0.39 is 5.82 Å². The largest absolute Gasteiger partial charge is 0.481 e. The van der Waals surface area contributed by atoms with Crippen molar-refractivity contribution in [3.8, 4) is 5.75 Å². The van der Waals surface area contributed by atoms with Gasteiger partial charge in [0.1, 0.15) is 0 Å². The number of piperidine rings is 1. The van der Waals surface area contributed by atoms with E-state index in [0.29, 0.717) is 0 Å². The molecule has 2 aliphatic rings. The fourth-order valence-electron chi connectivity index (χ4n) is 2.82. The first-order valence-corrected chi connectivity index (χ1v) is 7.63. The molecule has 3 rings (SSSR count). The lowest BCUT2D eigenvalue weighted by Crippen LogP contribution is -2.46. The number of carbonyl (C=O) groups excluding carboxylic acids is 1. The molecule has 4 nitrogen and oxygen atoms in total. The maximum absolute atomic E-state index is 13.4. The molecule has 1 aromatic carbocycles. The van der Waals surface area contributed by atoms with E-state index in [1.54, 1.807) is 12.1 Å². The van der Waals surface area contributed by atoms with Gasteiger partial charge in [-0.05, 0) is 37.8 Å². The van der Waals surface area contributed by atoms with Crippen LogP contribution in [0.1, 0.15) is 25.7 Å². The molecule has 5 heteroatoms. The molecule has 0 atom stereocenters. The lowest BCUT2D eigenvalue weighted by Gasteiger charge is -2.32. The second kappa shape index (κ2) is 6.43. The van der Waals surface area contributed by atoms with Crippen LogP contribution in [0.25, 0.3) is 0 Å². The minimum absolute atomic E-state index is 0.121. The quantitative estimate of drug-likeness (QED) is 0.902. The van der Waals surface area contributed by atoms with Gasteiger partial charge in [-0.25, -0.2) is 4.39 Å². The first-order chi connectivity index (χ1) is 10.2. The number of hydrogen-bond donors (Lipinski definition) is 1. The molecule has 21 heavy (non-hydrogen) atoms. The first-order valence-electron chi connectivity index (χ1n) is 7.63. The monoisotopic (exact) mass is 292 g/mol. The van der Waals surface area contributed by atoms with Gasteiger partial charge in [0.05, 0.1) is 0 Å². The Morgan fingerprint density at radius 1 is 1.24 bits per heavy atom. The van der Waals surface area contributed by atoms with Crippen LogP contribution in [-0.4, -0.2) is 42.6 Å². The SMILES string of the molecule is O=C(COc1ccccc1F)NC1CCN(C2CC2)CC1. The van der Waals surface area contributed by atoms with Gasteiger partial charge in [-0.3, -0.25) is 4.79 Å². The summed E-state index contributed by atoms with van der Waals surface area (Å²) in [5.74, 6) is -0.498. The Kier molecular flexibility index (Phi) is 4.39. The highest BCUT2D eigenvalue weighted by Crippen LogP contribution is 2.29. The highest BCUT2D eigenvalue weighted by Gasteiger charge is 2.32. The van der Waals surface area contributed by atoms with Crippen molar-refractivity contribution in [3.63, 3.8) is 0 Å². The van der Waals surface area contributed by atoms with Crippen molar-refractivity contribution in [2.75, 3.05) is 19.7 Å². The molecule has 2 fully saturated rings. The van der Waals surface area contributed by atoms with E-state index in [-0.39, 0.29) is 24.3 Å². The summed E-state index contributed by atoms with van der Waals surface area (Å²) in [6.07, 6.45) is 4.63. The number of nitrogens with zero attached hydrogens (tertiary/aromatic N) is 1. The molecule has 1 aliphatic heterocycles. The van der Waals surface area contributed by atoms with E-state index in [4.69, 9.17) is 4.74 Å². The van der Waals surface area contributed by atoms with Crippen molar-refractivity contribution in [2.45, 2.75) is 37.8 Å². The van der Waals surface area contributed by atoms with Crippen molar-refractivity contribution < 1.29 is 13.9 Å². The van der Waals surface area contributed by atoms with E-state index in [1.807, 2.05) is 0 Å². The van der Waals surface area contributed by atoms with Gasteiger partial charge in [0.25, 0.3) is 5.91 Å². The predicted molar refractivity (Wildman–Crippen MR) is 77.7 cm³/mol. The van der Waals surface area contributed by atoms with Gasteiger partial charge in [0, 0.05) is 25.2 Å². The topological polar surface area (TPSA) is 41.6 Å². The minimum atomic E-state index is -0.442. The molecule has 114 valence electrons. The van der Waals surface area contributed by atoms with E-state index >= 15 is 0 Å². The molecule has 1 N–H and O–H groups in total. The Morgan fingerprint density at radius 2 is 1.95 bits per heavy atom. The van der Waals surface area contributed by atoms with Gasteiger partial charge in [-0.1, -0.05) is 12.1 Å². The molecule has 0 unspecified atom stereocenters. The zero-order valence-corrected chi connectivity index (χ0v) is 12.1. The van der Waals surface area contributed by atoms with E-state index in [2.05, 4.69) is 10.2 Å². The Hall–Kier alpha value is -1.62. The molecule has 1 amide bonds. The number of benzene rings is 1. The average molecular weight is 292 g/mol. The number of halogens is 1. The van der Waals surface area contributed by atoms with Crippen LogP contribution in [0, 0.1) is 5.82 Å². The normalized spacial score (nSPS) is 20.2. The Morgan fingerprint density at radius 3 is 2.62 bits per heavy atom. The van der Waals surface area contributed by atoms with Gasteiger partial charge in [-0.2, -0.15) is 0 Å². The molecular formula is C16H21FN2O2. The number of nitrogens with one attached hydrogen (secondary N) is 1. The Balaban J connectivity index is 1.39. The zero-order chi connectivity index (χ0) is 14.7. The van der Waals surface area contributed by atoms with E-state index in [9.17, 15) is 9.18 Å². The molecule has 0 spiro atoms. The van der Waals surface area contributed by atoms with Crippen molar-refractivity contribution >= 4 is 5.91 Å². The van der Waals surface area contributed by atoms with Crippen LogP contribution in [0.2, 0.25) is 0 Å². The third-order valence-electron chi connectivity index (χ3n) is 4.15. The minimum Gasteiger partial charge on any atom is -0.481 e. The molecule has 0 bridgehead atoms. The smallest absolute Gasteiger partial charge is 0.258 e. The van der Waals surface area contributed by atoms with Gasteiger partial charge >= 0.3 is 0 Å². The van der Waals surface area contributed by atoms with Gasteiger partial charge in [0.15, 0.2) is 18.2 Å². The maximum Gasteiger partial charge on any atom is 0.258 e. The highest BCUT2D eigenvalue weighted by molar-refractivity contribution is 5.77. The Labute approximate surface area is 124 Å². The third kappa shape index (κ3) is 3.94. The van der Waals surface area contributed by atoms with Gasteiger partial charge in [0.2, 0.25) is 0 Å². The molecule has 1 aliphatic carbocycles. The second-order valence-electron chi connectivity index (χ2n) is 5.83. The number of amides is 1. The first kappa shape index (κ1) is 14.3. The van der Waals surface area contributed by atoms with Crippen LogP contribution in [-0.2, 0) is 4.79 Å². The molecular weight excluding hydrogens is 271 g/mol. The van der Waals surface area contributed by atoms with Crippen molar-refractivity contribution in [3.05, 3.63) is 30.1 Å². The number of ether oxygens (including phenoxy) is 1. The molecule has 1 saturated carbocycles.